The highest BCUT2D eigenvalue weighted by atomic mass is 32.2. The number of nitrogens with zero attached hydrogens (tertiary/aromatic N) is 2. The highest BCUT2D eigenvalue weighted by Gasteiger charge is 2.27. The molecule has 0 bridgehead atoms. The summed E-state index contributed by atoms with van der Waals surface area (Å²) in [7, 11) is -1.50. The van der Waals surface area contributed by atoms with Crippen molar-refractivity contribution >= 4 is 21.4 Å². The monoisotopic (exact) mass is 297 g/mol. The molecule has 0 saturated heterocycles. The van der Waals surface area contributed by atoms with Crippen LogP contribution >= 0.6 is 11.3 Å². The van der Waals surface area contributed by atoms with Crippen molar-refractivity contribution in [2.45, 2.75) is 29.5 Å². The van der Waals surface area contributed by atoms with Gasteiger partial charge in [-0.25, -0.2) is 13.1 Å². The summed E-state index contributed by atoms with van der Waals surface area (Å²) in [6.07, 6.45) is 2.42. The lowest BCUT2D eigenvalue weighted by Gasteiger charge is -2.01. The molecule has 0 aromatic carbocycles. The first-order valence-electron chi connectivity index (χ1n) is 6.12. The molecule has 2 aromatic heterocycles. The second kappa shape index (κ2) is 4.73. The van der Waals surface area contributed by atoms with Gasteiger partial charge in [-0.2, -0.15) is 5.10 Å². The Balaban J connectivity index is 1.71. The Bertz CT molecular complexity index is 670. The SMILES string of the molecule is Cn1nc(CNS(=O)(=O)c2cccs2)cc1C1CC1. The molecule has 2 aromatic rings. The molecule has 1 aliphatic carbocycles. The van der Waals surface area contributed by atoms with Gasteiger partial charge in [0, 0.05) is 18.7 Å². The maximum Gasteiger partial charge on any atom is 0.250 e. The summed E-state index contributed by atoms with van der Waals surface area (Å²) in [5.41, 5.74) is 1.97. The molecular weight excluding hydrogens is 282 g/mol. The Morgan fingerprint density at radius 2 is 2.32 bits per heavy atom. The predicted molar refractivity (Wildman–Crippen MR) is 73.5 cm³/mol. The number of hydrogen-bond acceptors (Lipinski definition) is 4. The topological polar surface area (TPSA) is 64.0 Å². The van der Waals surface area contributed by atoms with Gasteiger partial charge in [0.25, 0.3) is 0 Å². The van der Waals surface area contributed by atoms with Crippen molar-refractivity contribution in [1.82, 2.24) is 14.5 Å². The van der Waals surface area contributed by atoms with Crippen molar-refractivity contribution in [2.24, 2.45) is 7.05 Å². The van der Waals surface area contributed by atoms with Crippen molar-refractivity contribution in [3.8, 4) is 0 Å². The van der Waals surface area contributed by atoms with Crippen LogP contribution in [0.3, 0.4) is 0 Å². The Labute approximate surface area is 116 Å². The number of nitrogens with one attached hydrogen (secondary N) is 1. The third-order valence-electron chi connectivity index (χ3n) is 3.17. The molecule has 3 rings (SSSR count). The molecule has 0 radical (unpaired) electrons. The Morgan fingerprint density at radius 3 is 2.95 bits per heavy atom. The summed E-state index contributed by atoms with van der Waals surface area (Å²) in [4.78, 5) is 0. The van der Waals surface area contributed by atoms with Gasteiger partial charge in [0.05, 0.1) is 12.2 Å². The fourth-order valence-electron chi connectivity index (χ4n) is 2.05. The molecule has 0 spiro atoms. The van der Waals surface area contributed by atoms with Crippen LogP contribution in [0.1, 0.15) is 30.1 Å². The zero-order valence-electron chi connectivity index (χ0n) is 10.5. The van der Waals surface area contributed by atoms with Gasteiger partial charge in [-0.15, -0.1) is 11.3 Å². The third-order valence-corrected chi connectivity index (χ3v) is 5.96. The normalized spacial score (nSPS) is 15.8. The van der Waals surface area contributed by atoms with Crippen LogP contribution in [0.5, 0.6) is 0 Å². The smallest absolute Gasteiger partial charge is 0.250 e. The van der Waals surface area contributed by atoms with E-state index in [-0.39, 0.29) is 6.54 Å². The average molecular weight is 297 g/mol. The maximum atomic E-state index is 12.0. The lowest BCUT2D eigenvalue weighted by atomic mass is 10.2. The van der Waals surface area contributed by atoms with Gasteiger partial charge in [-0.1, -0.05) is 6.07 Å². The van der Waals surface area contributed by atoms with E-state index in [1.54, 1.807) is 17.5 Å². The van der Waals surface area contributed by atoms with Gasteiger partial charge < -0.3 is 0 Å². The average Bonchev–Trinajstić information content (AvgIpc) is 2.91. The van der Waals surface area contributed by atoms with Gasteiger partial charge in [0.15, 0.2) is 0 Å². The summed E-state index contributed by atoms with van der Waals surface area (Å²) in [5.74, 6) is 0.611. The van der Waals surface area contributed by atoms with Gasteiger partial charge >= 0.3 is 0 Å². The van der Waals surface area contributed by atoms with Crippen LogP contribution in [0.4, 0.5) is 0 Å². The lowest BCUT2D eigenvalue weighted by molar-refractivity contribution is 0.581. The zero-order chi connectivity index (χ0) is 13.5. The number of aryl methyl sites for hydroxylation is 1. The quantitative estimate of drug-likeness (QED) is 0.916. The second-order valence-corrected chi connectivity index (χ2v) is 7.66. The van der Waals surface area contributed by atoms with E-state index in [0.29, 0.717) is 10.1 Å². The third kappa shape index (κ3) is 2.72. The van der Waals surface area contributed by atoms with E-state index in [1.807, 2.05) is 17.8 Å². The molecule has 0 unspecified atom stereocenters. The Morgan fingerprint density at radius 1 is 1.53 bits per heavy atom. The van der Waals surface area contributed by atoms with Gasteiger partial charge in [-0.3, -0.25) is 4.68 Å². The minimum absolute atomic E-state index is 0.237. The van der Waals surface area contributed by atoms with E-state index in [4.69, 9.17) is 0 Å². The molecule has 0 aliphatic heterocycles. The first-order valence-corrected chi connectivity index (χ1v) is 8.48. The number of aromatic nitrogens is 2. The van der Waals surface area contributed by atoms with Crippen LogP contribution < -0.4 is 4.72 Å². The molecular formula is C12H15N3O2S2. The van der Waals surface area contributed by atoms with Crippen molar-refractivity contribution in [1.29, 1.82) is 0 Å². The minimum Gasteiger partial charge on any atom is -0.272 e. The van der Waals surface area contributed by atoms with Gasteiger partial charge in [0.2, 0.25) is 10.0 Å². The van der Waals surface area contributed by atoms with E-state index in [2.05, 4.69) is 9.82 Å². The first kappa shape index (κ1) is 12.8. The van der Waals surface area contributed by atoms with Gasteiger partial charge in [0.1, 0.15) is 4.21 Å². The standard InChI is InChI=1S/C12H15N3O2S2/c1-15-11(9-4-5-9)7-10(14-15)8-13-19(16,17)12-3-2-6-18-12/h2-3,6-7,9,13H,4-5,8H2,1H3. The molecule has 0 atom stereocenters. The second-order valence-electron chi connectivity index (χ2n) is 4.72. The van der Waals surface area contributed by atoms with E-state index in [0.717, 1.165) is 5.69 Å². The largest absolute Gasteiger partial charge is 0.272 e. The number of thiophene rings is 1. The molecule has 2 heterocycles. The van der Waals surface area contributed by atoms with E-state index < -0.39 is 10.0 Å². The van der Waals surface area contributed by atoms with E-state index >= 15 is 0 Å². The summed E-state index contributed by atoms with van der Waals surface area (Å²) in [6, 6.07) is 5.32. The van der Waals surface area contributed by atoms with Crippen molar-refractivity contribution < 1.29 is 8.42 Å². The van der Waals surface area contributed by atoms with Crippen molar-refractivity contribution in [3.05, 3.63) is 35.0 Å². The lowest BCUT2D eigenvalue weighted by Crippen LogP contribution is -2.22. The van der Waals surface area contributed by atoms with Gasteiger partial charge in [-0.05, 0) is 30.4 Å². The first-order chi connectivity index (χ1) is 9.06. The highest BCUT2D eigenvalue weighted by Crippen LogP contribution is 2.39. The van der Waals surface area contributed by atoms with E-state index in [9.17, 15) is 8.42 Å². The molecule has 7 heteroatoms. The summed E-state index contributed by atoms with van der Waals surface area (Å²) in [5, 5.41) is 6.10. The Kier molecular flexibility index (Phi) is 3.20. The number of sulfonamides is 1. The van der Waals surface area contributed by atoms with Crippen LogP contribution in [0.2, 0.25) is 0 Å². The predicted octanol–water partition coefficient (Wildman–Crippen LogP) is 1.84. The van der Waals surface area contributed by atoms with Crippen molar-refractivity contribution in [2.75, 3.05) is 0 Å². The highest BCUT2D eigenvalue weighted by molar-refractivity contribution is 7.91. The molecule has 1 N–H and O–H groups in total. The fourth-order valence-corrected chi connectivity index (χ4v) is 4.08. The van der Waals surface area contributed by atoms with Crippen LogP contribution in [0, 0.1) is 0 Å². The molecule has 0 amide bonds. The number of hydrogen-bond donors (Lipinski definition) is 1. The molecule has 1 aliphatic rings. The van der Waals surface area contributed by atoms with Crippen LogP contribution in [-0.2, 0) is 23.6 Å². The fraction of sp³-hybridized carbons (Fsp3) is 0.417. The molecule has 19 heavy (non-hydrogen) atoms. The van der Waals surface area contributed by atoms with Crippen LogP contribution in [-0.4, -0.2) is 18.2 Å². The summed E-state index contributed by atoms with van der Waals surface area (Å²) >= 11 is 1.21. The maximum absolute atomic E-state index is 12.0. The molecule has 102 valence electrons. The van der Waals surface area contributed by atoms with Crippen LogP contribution in [0.25, 0.3) is 0 Å². The molecule has 1 fully saturated rings. The summed E-state index contributed by atoms with van der Waals surface area (Å²) in [6.45, 7) is 0.237. The Hall–Kier alpha value is -1.18. The number of rotatable bonds is 5. The molecule has 5 nitrogen and oxygen atoms in total. The molecule has 1 saturated carbocycles. The van der Waals surface area contributed by atoms with Crippen molar-refractivity contribution in [3.63, 3.8) is 0 Å². The summed E-state index contributed by atoms with van der Waals surface area (Å²) < 4.78 is 28.7. The van der Waals surface area contributed by atoms with Crippen LogP contribution in [0.15, 0.2) is 27.8 Å². The minimum atomic E-state index is -3.40. The van der Waals surface area contributed by atoms with E-state index in [1.165, 1.54) is 29.9 Å². The zero-order valence-corrected chi connectivity index (χ0v) is 12.2.